The van der Waals surface area contributed by atoms with E-state index in [1.165, 1.54) is 23.6 Å². The van der Waals surface area contributed by atoms with Crippen LogP contribution >= 0.6 is 23.1 Å². The van der Waals surface area contributed by atoms with E-state index in [1.54, 1.807) is 25.2 Å². The van der Waals surface area contributed by atoms with Crippen molar-refractivity contribution in [1.29, 1.82) is 0 Å². The summed E-state index contributed by atoms with van der Waals surface area (Å²) >= 11 is 3.04. The van der Waals surface area contributed by atoms with Crippen molar-refractivity contribution in [2.75, 3.05) is 5.75 Å². The van der Waals surface area contributed by atoms with Crippen LogP contribution in [0, 0.1) is 0 Å². The first-order valence-corrected chi connectivity index (χ1v) is 8.83. The summed E-state index contributed by atoms with van der Waals surface area (Å²) in [5, 5.41) is 6.62. The Morgan fingerprint density at radius 3 is 2.64 bits per heavy atom. The van der Waals surface area contributed by atoms with E-state index in [1.807, 2.05) is 17.5 Å². The maximum absolute atomic E-state index is 11.7. The summed E-state index contributed by atoms with van der Waals surface area (Å²) in [4.78, 5) is 35.9. The zero-order valence-electron chi connectivity index (χ0n) is 12.8. The zero-order chi connectivity index (χ0) is 16.5. The summed E-state index contributed by atoms with van der Waals surface area (Å²) in [5.74, 6) is -0.235. The first-order chi connectivity index (χ1) is 10.4. The number of esters is 1. The molecule has 1 aromatic heterocycles. The van der Waals surface area contributed by atoms with Gasteiger partial charge in [-0.2, -0.15) is 0 Å². The van der Waals surface area contributed by atoms with Gasteiger partial charge in [0.25, 0.3) is 5.91 Å². The molecule has 0 aliphatic rings. The molecule has 0 bridgehead atoms. The van der Waals surface area contributed by atoms with Gasteiger partial charge in [0.05, 0.1) is 5.75 Å². The summed E-state index contributed by atoms with van der Waals surface area (Å²) in [6, 6.07) is 3.26. The topological polar surface area (TPSA) is 84.5 Å². The van der Waals surface area contributed by atoms with Gasteiger partial charge in [-0.3, -0.25) is 14.9 Å². The van der Waals surface area contributed by atoms with Crippen molar-refractivity contribution in [3.8, 4) is 0 Å². The highest BCUT2D eigenvalue weighted by molar-refractivity contribution is 7.99. The fourth-order valence-electron chi connectivity index (χ4n) is 1.43. The van der Waals surface area contributed by atoms with E-state index in [-0.39, 0.29) is 11.8 Å². The Morgan fingerprint density at radius 2 is 2.05 bits per heavy atom. The SMILES string of the molecule is CC(C)NC(=O)NC(=O)[C@@H](C)OC(=O)CSCc1cccs1. The standard InChI is InChI=1S/C14H20N2O4S2/c1-9(2)15-14(19)16-13(18)10(3)20-12(17)8-21-7-11-5-4-6-22-11/h4-6,9-10H,7-8H2,1-3H3,(H2,15,16,18,19)/t10-/m1/s1. The first-order valence-electron chi connectivity index (χ1n) is 6.79. The number of rotatable bonds is 7. The number of ether oxygens (including phenoxy) is 1. The molecule has 122 valence electrons. The highest BCUT2D eigenvalue weighted by Gasteiger charge is 2.20. The monoisotopic (exact) mass is 344 g/mol. The van der Waals surface area contributed by atoms with E-state index in [9.17, 15) is 14.4 Å². The summed E-state index contributed by atoms with van der Waals surface area (Å²) in [5.41, 5.74) is 0. The number of thiophene rings is 1. The third-order valence-electron chi connectivity index (χ3n) is 2.38. The second-order valence-corrected chi connectivity index (χ2v) is 6.84. The highest BCUT2D eigenvalue weighted by atomic mass is 32.2. The largest absolute Gasteiger partial charge is 0.452 e. The van der Waals surface area contributed by atoms with Gasteiger partial charge < -0.3 is 10.1 Å². The van der Waals surface area contributed by atoms with Crippen LogP contribution in [0.3, 0.4) is 0 Å². The molecular formula is C14H20N2O4S2. The van der Waals surface area contributed by atoms with Crippen LogP contribution in [0.4, 0.5) is 4.79 Å². The number of amides is 3. The lowest BCUT2D eigenvalue weighted by Gasteiger charge is -2.14. The van der Waals surface area contributed by atoms with Crippen molar-refractivity contribution >= 4 is 41.0 Å². The van der Waals surface area contributed by atoms with E-state index in [0.29, 0.717) is 0 Å². The number of urea groups is 1. The molecule has 0 aromatic carbocycles. The predicted molar refractivity (Wildman–Crippen MR) is 87.8 cm³/mol. The molecule has 0 aliphatic heterocycles. The normalized spacial score (nSPS) is 11.8. The molecule has 0 saturated heterocycles. The van der Waals surface area contributed by atoms with Crippen molar-refractivity contribution in [2.45, 2.75) is 38.7 Å². The summed E-state index contributed by atoms with van der Waals surface area (Å²) in [7, 11) is 0. The molecule has 0 aliphatic carbocycles. The van der Waals surface area contributed by atoms with Crippen molar-refractivity contribution in [3.05, 3.63) is 22.4 Å². The van der Waals surface area contributed by atoms with Gasteiger partial charge in [0, 0.05) is 16.7 Å². The lowest BCUT2D eigenvalue weighted by atomic mass is 10.3. The Morgan fingerprint density at radius 1 is 1.32 bits per heavy atom. The second kappa shape index (κ2) is 9.47. The van der Waals surface area contributed by atoms with Crippen molar-refractivity contribution in [3.63, 3.8) is 0 Å². The molecule has 3 amide bonds. The molecule has 8 heteroatoms. The Hall–Kier alpha value is -1.54. The number of carbonyl (C=O) groups is 3. The van der Waals surface area contributed by atoms with Crippen LogP contribution < -0.4 is 10.6 Å². The van der Waals surface area contributed by atoms with E-state index in [4.69, 9.17) is 4.74 Å². The number of imide groups is 1. The molecule has 1 atom stereocenters. The fourth-order valence-corrected chi connectivity index (χ4v) is 3.07. The Kier molecular flexibility index (Phi) is 7.97. The van der Waals surface area contributed by atoms with Crippen LogP contribution in [0.25, 0.3) is 0 Å². The van der Waals surface area contributed by atoms with Crippen molar-refractivity contribution in [1.82, 2.24) is 10.6 Å². The molecule has 1 heterocycles. The van der Waals surface area contributed by atoms with E-state index >= 15 is 0 Å². The van der Waals surface area contributed by atoms with Gasteiger partial charge >= 0.3 is 12.0 Å². The first kappa shape index (κ1) is 18.5. The molecule has 0 fully saturated rings. The van der Waals surface area contributed by atoms with Gasteiger partial charge in [-0.05, 0) is 32.2 Å². The number of thioether (sulfide) groups is 1. The number of hydrogen-bond acceptors (Lipinski definition) is 6. The Bertz CT molecular complexity index is 503. The van der Waals surface area contributed by atoms with Gasteiger partial charge in [0.1, 0.15) is 0 Å². The van der Waals surface area contributed by atoms with Crippen molar-refractivity contribution in [2.24, 2.45) is 0 Å². The van der Waals surface area contributed by atoms with Gasteiger partial charge in [0.15, 0.2) is 6.10 Å². The molecule has 2 N–H and O–H groups in total. The minimum atomic E-state index is -1.01. The Balaban J connectivity index is 2.24. The maximum Gasteiger partial charge on any atom is 0.321 e. The van der Waals surface area contributed by atoms with Crippen LogP contribution in [-0.4, -0.2) is 35.8 Å². The molecule has 22 heavy (non-hydrogen) atoms. The molecule has 0 spiro atoms. The summed E-state index contributed by atoms with van der Waals surface area (Å²) < 4.78 is 4.99. The minimum absolute atomic E-state index is 0.0840. The van der Waals surface area contributed by atoms with Gasteiger partial charge in [-0.1, -0.05) is 6.07 Å². The fraction of sp³-hybridized carbons (Fsp3) is 0.500. The molecule has 1 aromatic rings. The zero-order valence-corrected chi connectivity index (χ0v) is 14.4. The lowest BCUT2D eigenvalue weighted by Crippen LogP contribution is -2.46. The molecule has 0 radical (unpaired) electrons. The van der Waals surface area contributed by atoms with Crippen LogP contribution in [0.15, 0.2) is 17.5 Å². The maximum atomic E-state index is 11.7. The van der Waals surface area contributed by atoms with E-state index < -0.39 is 24.0 Å². The van der Waals surface area contributed by atoms with E-state index in [2.05, 4.69) is 10.6 Å². The van der Waals surface area contributed by atoms with Crippen LogP contribution in [-0.2, 0) is 20.1 Å². The molecule has 0 saturated carbocycles. The summed E-state index contributed by atoms with van der Waals surface area (Å²) in [6.07, 6.45) is -1.01. The third kappa shape index (κ3) is 7.46. The van der Waals surface area contributed by atoms with Crippen LogP contribution in [0.5, 0.6) is 0 Å². The van der Waals surface area contributed by atoms with Crippen LogP contribution in [0.1, 0.15) is 25.6 Å². The number of nitrogens with one attached hydrogen (secondary N) is 2. The quantitative estimate of drug-likeness (QED) is 0.741. The predicted octanol–water partition coefficient (Wildman–Crippen LogP) is 2.15. The Labute approximate surface area is 138 Å². The van der Waals surface area contributed by atoms with Gasteiger partial charge in [-0.25, -0.2) is 4.79 Å². The van der Waals surface area contributed by atoms with Gasteiger partial charge in [0.2, 0.25) is 0 Å². The average molecular weight is 344 g/mol. The summed E-state index contributed by atoms with van der Waals surface area (Å²) in [6.45, 7) is 4.98. The number of hydrogen-bond donors (Lipinski definition) is 2. The van der Waals surface area contributed by atoms with Crippen molar-refractivity contribution < 1.29 is 19.1 Å². The molecule has 6 nitrogen and oxygen atoms in total. The average Bonchev–Trinajstić information content (AvgIpc) is 2.90. The molecule has 0 unspecified atom stereocenters. The molecular weight excluding hydrogens is 324 g/mol. The number of carbonyl (C=O) groups excluding carboxylic acids is 3. The second-order valence-electron chi connectivity index (χ2n) is 4.82. The van der Waals surface area contributed by atoms with E-state index in [0.717, 1.165) is 5.75 Å². The minimum Gasteiger partial charge on any atom is -0.452 e. The lowest BCUT2D eigenvalue weighted by molar-refractivity contribution is -0.151. The third-order valence-corrected chi connectivity index (χ3v) is 4.39. The van der Waals surface area contributed by atoms with Gasteiger partial charge in [-0.15, -0.1) is 23.1 Å². The molecule has 1 rings (SSSR count). The van der Waals surface area contributed by atoms with Crippen LogP contribution in [0.2, 0.25) is 0 Å². The highest BCUT2D eigenvalue weighted by Crippen LogP contribution is 2.17. The smallest absolute Gasteiger partial charge is 0.321 e.